The number of phenols is 1. The van der Waals surface area contributed by atoms with Gasteiger partial charge in [-0.2, -0.15) is 0 Å². The maximum absolute atomic E-state index is 10.3. The molecule has 1 saturated carbocycles. The van der Waals surface area contributed by atoms with E-state index in [9.17, 15) is 5.11 Å². The van der Waals surface area contributed by atoms with Gasteiger partial charge in [-0.1, -0.05) is 76.5 Å². The topological polar surface area (TPSA) is 20.2 Å². The predicted molar refractivity (Wildman–Crippen MR) is 86.2 cm³/mol. The monoisotopic (exact) mass is 274 g/mol. The average molecular weight is 274 g/mol. The van der Waals surface area contributed by atoms with E-state index in [4.69, 9.17) is 0 Å². The summed E-state index contributed by atoms with van der Waals surface area (Å²) < 4.78 is 0. The fourth-order valence-electron chi connectivity index (χ4n) is 3.87. The number of benzene rings is 1. The molecule has 112 valence electrons. The number of para-hydroxylation sites is 1. The van der Waals surface area contributed by atoms with Crippen LogP contribution in [0.4, 0.5) is 0 Å². The first-order chi connectivity index (χ1) is 9.78. The molecular formula is C19H30O. The van der Waals surface area contributed by atoms with Crippen LogP contribution in [0.3, 0.4) is 0 Å². The number of rotatable bonds is 7. The van der Waals surface area contributed by atoms with Crippen LogP contribution in [0.15, 0.2) is 24.3 Å². The Morgan fingerprint density at radius 3 is 2.35 bits per heavy atom. The molecule has 0 saturated heterocycles. The van der Waals surface area contributed by atoms with Gasteiger partial charge in [0.05, 0.1) is 0 Å². The smallest absolute Gasteiger partial charge is 0.119 e. The molecule has 1 N–H and O–H groups in total. The summed E-state index contributed by atoms with van der Waals surface area (Å²) in [5.74, 6) is 0.517. The zero-order valence-electron chi connectivity index (χ0n) is 13.0. The molecule has 0 spiro atoms. The van der Waals surface area contributed by atoms with Crippen LogP contribution in [0.2, 0.25) is 0 Å². The summed E-state index contributed by atoms with van der Waals surface area (Å²) >= 11 is 0. The number of phenolic OH excluding ortho intramolecular Hbond substituents is 1. The summed E-state index contributed by atoms with van der Waals surface area (Å²) in [4.78, 5) is 0. The van der Waals surface area contributed by atoms with Gasteiger partial charge < -0.3 is 5.11 Å². The summed E-state index contributed by atoms with van der Waals surface area (Å²) in [7, 11) is 0. The summed E-state index contributed by atoms with van der Waals surface area (Å²) in [6.45, 7) is 2.27. The van der Waals surface area contributed by atoms with Crippen LogP contribution in [0.5, 0.6) is 5.75 Å². The zero-order chi connectivity index (χ0) is 14.3. The van der Waals surface area contributed by atoms with Crippen molar-refractivity contribution < 1.29 is 5.11 Å². The van der Waals surface area contributed by atoms with Gasteiger partial charge in [0.2, 0.25) is 0 Å². The van der Waals surface area contributed by atoms with Gasteiger partial charge in [0.1, 0.15) is 5.75 Å². The highest BCUT2D eigenvalue weighted by atomic mass is 16.3. The molecule has 0 unspecified atom stereocenters. The van der Waals surface area contributed by atoms with Gasteiger partial charge in [-0.25, -0.2) is 0 Å². The molecule has 0 aromatic heterocycles. The lowest BCUT2D eigenvalue weighted by Gasteiger charge is -2.38. The second-order valence-corrected chi connectivity index (χ2v) is 6.52. The Labute approximate surface area is 124 Å². The Kier molecular flexibility index (Phi) is 5.94. The third-order valence-electron chi connectivity index (χ3n) is 5.04. The quantitative estimate of drug-likeness (QED) is 0.609. The molecule has 1 aliphatic carbocycles. The van der Waals surface area contributed by atoms with Crippen LogP contribution in [-0.4, -0.2) is 5.11 Å². The molecule has 1 nitrogen and oxygen atoms in total. The van der Waals surface area contributed by atoms with Crippen molar-refractivity contribution in [1.82, 2.24) is 0 Å². The van der Waals surface area contributed by atoms with E-state index < -0.39 is 0 Å². The number of hydrogen-bond donors (Lipinski definition) is 1. The lowest BCUT2D eigenvalue weighted by molar-refractivity contribution is 0.257. The number of unbranched alkanes of at least 4 members (excludes halogenated alkanes) is 4. The third-order valence-corrected chi connectivity index (χ3v) is 5.04. The number of aromatic hydroxyl groups is 1. The minimum absolute atomic E-state index is 0.260. The van der Waals surface area contributed by atoms with Crippen molar-refractivity contribution in [3.8, 4) is 5.75 Å². The predicted octanol–water partition coefficient (Wildman–Crippen LogP) is 5.95. The van der Waals surface area contributed by atoms with Crippen LogP contribution in [-0.2, 0) is 5.41 Å². The van der Waals surface area contributed by atoms with Gasteiger partial charge >= 0.3 is 0 Å². The highest BCUT2D eigenvalue weighted by molar-refractivity contribution is 5.38. The Morgan fingerprint density at radius 2 is 1.65 bits per heavy atom. The van der Waals surface area contributed by atoms with Crippen LogP contribution in [0.1, 0.15) is 83.1 Å². The number of hydrogen-bond acceptors (Lipinski definition) is 1. The van der Waals surface area contributed by atoms with Crippen molar-refractivity contribution in [2.45, 2.75) is 83.0 Å². The van der Waals surface area contributed by atoms with E-state index in [1.54, 1.807) is 0 Å². The summed E-state index contributed by atoms with van der Waals surface area (Å²) in [5.41, 5.74) is 1.48. The molecule has 0 bridgehead atoms. The van der Waals surface area contributed by atoms with Gasteiger partial charge in [0.15, 0.2) is 0 Å². The van der Waals surface area contributed by atoms with E-state index in [1.165, 1.54) is 76.2 Å². The largest absolute Gasteiger partial charge is 0.508 e. The van der Waals surface area contributed by atoms with Crippen molar-refractivity contribution in [3.05, 3.63) is 29.8 Å². The Bertz CT molecular complexity index is 391. The van der Waals surface area contributed by atoms with E-state index in [0.717, 1.165) is 0 Å². The second-order valence-electron chi connectivity index (χ2n) is 6.52. The first-order valence-corrected chi connectivity index (χ1v) is 8.57. The van der Waals surface area contributed by atoms with Crippen LogP contribution >= 0.6 is 0 Å². The normalized spacial score (nSPS) is 18.1. The van der Waals surface area contributed by atoms with Crippen molar-refractivity contribution >= 4 is 0 Å². The molecule has 1 fully saturated rings. The van der Waals surface area contributed by atoms with Gasteiger partial charge in [0, 0.05) is 5.56 Å². The van der Waals surface area contributed by atoms with E-state index >= 15 is 0 Å². The third kappa shape index (κ3) is 3.77. The van der Waals surface area contributed by atoms with Gasteiger partial charge in [-0.3, -0.25) is 0 Å². The fourth-order valence-corrected chi connectivity index (χ4v) is 3.87. The average Bonchev–Trinajstić information content (AvgIpc) is 2.48. The molecule has 1 heteroatoms. The molecule has 1 aromatic carbocycles. The standard InChI is InChI=1S/C19H30O/c1-2-3-4-5-9-14-19(15-10-6-11-16-19)17-12-7-8-13-18(17)20/h7-8,12-13,20H,2-6,9-11,14-16H2,1H3. The fraction of sp³-hybridized carbons (Fsp3) is 0.684. The molecule has 20 heavy (non-hydrogen) atoms. The Balaban J connectivity index is 2.04. The molecule has 1 aromatic rings. The highest BCUT2D eigenvalue weighted by Crippen LogP contribution is 2.46. The molecule has 0 amide bonds. The van der Waals surface area contributed by atoms with Crippen molar-refractivity contribution in [2.24, 2.45) is 0 Å². The van der Waals surface area contributed by atoms with Crippen LogP contribution < -0.4 is 0 Å². The minimum atomic E-state index is 0.260. The molecule has 0 radical (unpaired) electrons. The maximum atomic E-state index is 10.3. The Hall–Kier alpha value is -0.980. The van der Waals surface area contributed by atoms with Crippen LogP contribution in [0.25, 0.3) is 0 Å². The summed E-state index contributed by atoms with van der Waals surface area (Å²) in [6.07, 6.45) is 14.5. The van der Waals surface area contributed by atoms with Crippen molar-refractivity contribution in [1.29, 1.82) is 0 Å². The molecular weight excluding hydrogens is 244 g/mol. The zero-order valence-corrected chi connectivity index (χ0v) is 13.0. The molecule has 0 heterocycles. The van der Waals surface area contributed by atoms with E-state index in [0.29, 0.717) is 5.75 Å². The van der Waals surface area contributed by atoms with E-state index in [1.807, 2.05) is 12.1 Å². The van der Waals surface area contributed by atoms with E-state index in [2.05, 4.69) is 19.1 Å². The minimum Gasteiger partial charge on any atom is -0.508 e. The van der Waals surface area contributed by atoms with Gasteiger partial charge in [-0.15, -0.1) is 0 Å². The summed E-state index contributed by atoms with van der Waals surface area (Å²) in [6, 6.07) is 8.05. The first-order valence-electron chi connectivity index (χ1n) is 8.57. The molecule has 0 aliphatic heterocycles. The van der Waals surface area contributed by atoms with Crippen LogP contribution in [0, 0.1) is 0 Å². The summed E-state index contributed by atoms with van der Waals surface area (Å²) in [5, 5.41) is 10.3. The highest BCUT2D eigenvalue weighted by Gasteiger charge is 2.34. The van der Waals surface area contributed by atoms with Crippen molar-refractivity contribution in [2.75, 3.05) is 0 Å². The second kappa shape index (κ2) is 7.71. The lowest BCUT2D eigenvalue weighted by Crippen LogP contribution is -2.29. The van der Waals surface area contributed by atoms with Crippen molar-refractivity contribution in [3.63, 3.8) is 0 Å². The Morgan fingerprint density at radius 1 is 0.950 bits per heavy atom. The van der Waals surface area contributed by atoms with Gasteiger partial charge in [-0.05, 0) is 30.7 Å². The lowest BCUT2D eigenvalue weighted by atomic mass is 9.66. The van der Waals surface area contributed by atoms with Gasteiger partial charge in [0.25, 0.3) is 0 Å². The maximum Gasteiger partial charge on any atom is 0.119 e. The van der Waals surface area contributed by atoms with E-state index in [-0.39, 0.29) is 5.41 Å². The molecule has 2 rings (SSSR count). The molecule has 0 atom stereocenters. The SMILES string of the molecule is CCCCCCCC1(c2ccccc2O)CCCCC1. The first kappa shape index (κ1) is 15.4. The molecule has 1 aliphatic rings.